The van der Waals surface area contributed by atoms with Crippen LogP contribution in [0, 0.1) is 34.5 Å². The van der Waals surface area contributed by atoms with Crippen LogP contribution in [-0.2, 0) is 19.1 Å². The number of ether oxygens (including phenoxy) is 2. The number of carbonyl (C=O) groups excluding carboxylic acids is 2. The number of fused-ring (bicyclic) bond motifs is 1. The van der Waals surface area contributed by atoms with Gasteiger partial charge < -0.3 is 14.6 Å². The molecule has 0 aromatic heterocycles. The first kappa shape index (κ1) is 24.6. The summed E-state index contributed by atoms with van der Waals surface area (Å²) in [6, 6.07) is 0. The number of nitrogens with zero attached hydrogens (tertiary/aromatic N) is 3. The van der Waals surface area contributed by atoms with Crippen molar-refractivity contribution >= 4 is 11.9 Å². The zero-order chi connectivity index (χ0) is 23.7. The Balaban J connectivity index is 1.97. The predicted molar refractivity (Wildman–Crippen MR) is 119 cm³/mol. The molecule has 3 saturated carbocycles. The summed E-state index contributed by atoms with van der Waals surface area (Å²) < 4.78 is 11.1. The third-order valence-corrected chi connectivity index (χ3v) is 8.95. The lowest BCUT2D eigenvalue weighted by Gasteiger charge is -2.57. The number of rotatable bonds is 6. The highest BCUT2D eigenvalue weighted by atomic mass is 16.6. The zero-order valence-electron chi connectivity index (χ0n) is 19.7. The molecule has 178 valence electrons. The molecule has 1 N–H and O–H groups in total. The molecule has 0 aromatic carbocycles. The van der Waals surface area contributed by atoms with Crippen LogP contribution in [0.5, 0.6) is 0 Å². The van der Waals surface area contributed by atoms with Gasteiger partial charge in [0.15, 0.2) is 0 Å². The fraction of sp³-hybridized carbons (Fsp3) is 0.833. The maximum Gasteiger partial charge on any atom is 0.303 e. The van der Waals surface area contributed by atoms with Gasteiger partial charge in [-0.2, -0.15) is 0 Å². The van der Waals surface area contributed by atoms with E-state index in [1.54, 1.807) is 0 Å². The Hall–Kier alpha value is -2.05. The molecule has 2 unspecified atom stereocenters. The van der Waals surface area contributed by atoms with E-state index in [2.05, 4.69) is 30.5 Å². The quantitative estimate of drug-likeness (QED) is 0.210. The van der Waals surface area contributed by atoms with Gasteiger partial charge in [-0.05, 0) is 78.6 Å². The van der Waals surface area contributed by atoms with Gasteiger partial charge in [-0.15, -0.1) is 0 Å². The van der Waals surface area contributed by atoms with Gasteiger partial charge in [-0.25, -0.2) is 0 Å². The lowest BCUT2D eigenvalue weighted by Crippen LogP contribution is -2.56. The van der Waals surface area contributed by atoms with Crippen LogP contribution in [0.25, 0.3) is 10.4 Å². The van der Waals surface area contributed by atoms with Crippen molar-refractivity contribution in [1.29, 1.82) is 0 Å². The summed E-state index contributed by atoms with van der Waals surface area (Å²) >= 11 is 0. The highest BCUT2D eigenvalue weighted by molar-refractivity contribution is 5.67. The van der Waals surface area contributed by atoms with Crippen molar-refractivity contribution in [3.05, 3.63) is 22.6 Å². The van der Waals surface area contributed by atoms with E-state index in [0.29, 0.717) is 25.3 Å². The van der Waals surface area contributed by atoms with Crippen molar-refractivity contribution < 1.29 is 24.2 Å². The van der Waals surface area contributed by atoms with E-state index in [9.17, 15) is 14.7 Å². The topological polar surface area (TPSA) is 122 Å². The predicted octanol–water partition coefficient (Wildman–Crippen LogP) is 4.57. The smallest absolute Gasteiger partial charge is 0.303 e. The van der Waals surface area contributed by atoms with E-state index in [-0.39, 0.29) is 35.2 Å². The van der Waals surface area contributed by atoms with Gasteiger partial charge in [0.25, 0.3) is 0 Å². The van der Waals surface area contributed by atoms with Crippen LogP contribution < -0.4 is 0 Å². The van der Waals surface area contributed by atoms with Gasteiger partial charge >= 0.3 is 11.9 Å². The van der Waals surface area contributed by atoms with E-state index in [1.165, 1.54) is 19.4 Å². The molecule has 3 aliphatic rings. The van der Waals surface area contributed by atoms with Gasteiger partial charge in [0.05, 0.1) is 0 Å². The molecule has 3 fully saturated rings. The largest absolute Gasteiger partial charge is 0.459 e. The second-order valence-corrected chi connectivity index (χ2v) is 10.5. The number of hydrogen-bond acceptors (Lipinski definition) is 6. The highest BCUT2D eigenvalue weighted by Crippen LogP contribution is 2.63. The number of esters is 2. The maximum atomic E-state index is 11.8. The standard InChI is InChI=1S/C24H37N3O5/c1-14-6-7-19-18(12-26-27-25)20(8-9-23(14,19)4)24(5)11-22(32-16(3)30)21(31-15(2)29)10-17(24)13-28/h17-22,28H,1,6-13H2,2-5H3/t17-,18+,19?,20?,21+,22-,23-,24+/m1/s1. The Kier molecular flexibility index (Phi) is 7.25. The van der Waals surface area contributed by atoms with Gasteiger partial charge in [-0.3, -0.25) is 9.59 Å². The van der Waals surface area contributed by atoms with E-state index >= 15 is 0 Å². The molecular formula is C24H37N3O5. The van der Waals surface area contributed by atoms with E-state index in [4.69, 9.17) is 15.0 Å². The molecule has 0 aliphatic heterocycles. The van der Waals surface area contributed by atoms with Crippen molar-refractivity contribution in [2.24, 2.45) is 39.6 Å². The summed E-state index contributed by atoms with van der Waals surface area (Å²) in [7, 11) is 0. The number of hydrogen-bond donors (Lipinski definition) is 1. The third kappa shape index (κ3) is 4.40. The van der Waals surface area contributed by atoms with Gasteiger partial charge in [0.1, 0.15) is 12.2 Å². The zero-order valence-corrected chi connectivity index (χ0v) is 19.7. The van der Waals surface area contributed by atoms with Crippen LogP contribution >= 0.6 is 0 Å². The molecule has 0 heterocycles. The van der Waals surface area contributed by atoms with Crippen LogP contribution in [0.4, 0.5) is 0 Å². The Morgan fingerprint density at radius 2 is 1.84 bits per heavy atom. The van der Waals surface area contributed by atoms with E-state index in [1.807, 2.05) is 0 Å². The second-order valence-electron chi connectivity index (χ2n) is 10.5. The molecule has 3 rings (SSSR count). The number of allylic oxidation sites excluding steroid dienone is 1. The number of aliphatic hydroxyl groups excluding tert-OH is 1. The Morgan fingerprint density at radius 1 is 1.19 bits per heavy atom. The summed E-state index contributed by atoms with van der Waals surface area (Å²) in [5.41, 5.74) is 10.0. The molecule has 32 heavy (non-hydrogen) atoms. The molecule has 3 aliphatic carbocycles. The van der Waals surface area contributed by atoms with Crippen LogP contribution in [0.3, 0.4) is 0 Å². The van der Waals surface area contributed by atoms with Gasteiger partial charge in [-0.1, -0.05) is 31.1 Å². The molecule has 0 saturated heterocycles. The first-order chi connectivity index (χ1) is 15.1. The second kappa shape index (κ2) is 9.44. The average molecular weight is 448 g/mol. The molecule has 0 bridgehead atoms. The molecule has 8 nitrogen and oxygen atoms in total. The minimum atomic E-state index is -0.572. The van der Waals surface area contributed by atoms with Crippen molar-refractivity contribution in [2.45, 2.75) is 78.4 Å². The van der Waals surface area contributed by atoms with Crippen molar-refractivity contribution in [2.75, 3.05) is 13.2 Å². The number of carbonyl (C=O) groups is 2. The van der Waals surface area contributed by atoms with Crippen molar-refractivity contribution in [3.63, 3.8) is 0 Å². The van der Waals surface area contributed by atoms with Gasteiger partial charge in [0, 0.05) is 31.9 Å². The molecule has 0 aromatic rings. The Morgan fingerprint density at radius 3 is 2.44 bits per heavy atom. The average Bonchev–Trinajstić information content (AvgIpc) is 3.02. The maximum absolute atomic E-state index is 11.8. The molecule has 0 radical (unpaired) electrons. The summed E-state index contributed by atoms with van der Waals surface area (Å²) in [5, 5.41) is 14.4. The SMILES string of the molecule is C=C1CCC2[C@H](CN=[N+]=[N-])C([C@@]3(C)C[C@@H](OC(C)=O)[C@@H](OC(C)=O)C[C@@H]3CO)CC[C@]12C. The summed E-state index contributed by atoms with van der Waals surface area (Å²) in [6.45, 7) is 11.9. The first-order valence-electron chi connectivity index (χ1n) is 11.7. The van der Waals surface area contributed by atoms with Crippen molar-refractivity contribution in [3.8, 4) is 0 Å². The van der Waals surface area contributed by atoms with Crippen LogP contribution in [0.1, 0.15) is 66.2 Å². The normalized spacial score (nSPS) is 41.3. The third-order valence-electron chi connectivity index (χ3n) is 8.95. The number of aliphatic hydroxyl groups is 1. The van der Waals surface area contributed by atoms with Crippen LogP contribution in [-0.4, -0.2) is 42.4 Å². The lowest BCUT2D eigenvalue weighted by molar-refractivity contribution is -0.188. The summed E-state index contributed by atoms with van der Waals surface area (Å²) in [6.07, 6.45) is 3.75. The first-order valence-corrected chi connectivity index (χ1v) is 11.7. The molecule has 0 spiro atoms. The lowest BCUT2D eigenvalue weighted by atomic mass is 9.49. The highest BCUT2D eigenvalue weighted by Gasteiger charge is 2.58. The van der Waals surface area contributed by atoms with Crippen molar-refractivity contribution in [1.82, 2.24) is 0 Å². The fourth-order valence-corrected chi connectivity index (χ4v) is 7.24. The van der Waals surface area contributed by atoms with Gasteiger partial charge in [0.2, 0.25) is 0 Å². The van der Waals surface area contributed by atoms with Crippen LogP contribution in [0.15, 0.2) is 17.3 Å². The Labute approximate surface area is 190 Å². The fourth-order valence-electron chi connectivity index (χ4n) is 7.24. The summed E-state index contributed by atoms with van der Waals surface area (Å²) in [4.78, 5) is 26.6. The minimum Gasteiger partial charge on any atom is -0.459 e. The minimum absolute atomic E-state index is 0.0412. The Bertz CT molecular complexity index is 809. The van der Waals surface area contributed by atoms with E-state index < -0.39 is 24.1 Å². The molecule has 0 amide bonds. The summed E-state index contributed by atoms with van der Waals surface area (Å²) in [5.74, 6) is -0.242. The molecular weight excluding hydrogens is 410 g/mol. The number of azide groups is 1. The monoisotopic (exact) mass is 447 g/mol. The van der Waals surface area contributed by atoms with E-state index in [0.717, 1.165) is 25.7 Å². The van der Waals surface area contributed by atoms with Crippen LogP contribution in [0.2, 0.25) is 0 Å². The molecule has 8 heteroatoms. The molecule has 8 atom stereocenters.